The molecule has 3 aromatic carbocycles. The third kappa shape index (κ3) is 5.20. The maximum Gasteiger partial charge on any atom is 0.283 e. The molecule has 0 fully saturated rings. The number of amides is 1. The van der Waals surface area contributed by atoms with Crippen molar-refractivity contribution in [1.82, 2.24) is 5.43 Å². The third-order valence-corrected chi connectivity index (χ3v) is 8.00. The first kappa shape index (κ1) is 23.3. The highest BCUT2D eigenvalue weighted by Gasteiger charge is 2.17. The standard InChI is InChI=1S/C23H17Cl2N3O3S2/c1-14(26-27-23(29)22-21(25)19-11-10-16(24)13-20(19)32-22)15-6-5-7-17(12-15)28-33(30,31)18-8-3-2-4-9-18/h2-13,28H,1H3,(H,27,29). The molecule has 33 heavy (non-hydrogen) atoms. The maximum absolute atomic E-state index is 12.7. The van der Waals surface area contributed by atoms with Crippen LogP contribution >= 0.6 is 34.5 Å². The SMILES string of the molecule is CC(=NNC(=O)c1sc2cc(Cl)ccc2c1Cl)c1cccc(NS(=O)(=O)c2ccccc2)c1. The number of nitrogens with one attached hydrogen (secondary N) is 2. The van der Waals surface area contributed by atoms with Crippen LogP contribution in [0.2, 0.25) is 10.0 Å². The molecule has 0 radical (unpaired) electrons. The molecule has 1 heterocycles. The fourth-order valence-corrected chi connectivity index (χ4v) is 5.81. The number of sulfonamides is 1. The molecule has 0 aliphatic carbocycles. The second-order valence-corrected chi connectivity index (χ2v) is 10.6. The first-order valence-electron chi connectivity index (χ1n) is 9.65. The van der Waals surface area contributed by atoms with Crippen LogP contribution in [-0.2, 0) is 10.0 Å². The second kappa shape index (κ2) is 9.52. The zero-order valence-electron chi connectivity index (χ0n) is 17.2. The van der Waals surface area contributed by atoms with E-state index in [1.807, 2.05) is 0 Å². The van der Waals surface area contributed by atoms with E-state index < -0.39 is 15.9 Å². The summed E-state index contributed by atoms with van der Waals surface area (Å²) in [5.41, 5.74) is 4.01. The Balaban J connectivity index is 1.52. The van der Waals surface area contributed by atoms with E-state index in [4.69, 9.17) is 23.2 Å². The predicted octanol–water partition coefficient (Wildman–Crippen LogP) is 6.16. The molecule has 6 nitrogen and oxygen atoms in total. The lowest BCUT2D eigenvalue weighted by atomic mass is 10.1. The van der Waals surface area contributed by atoms with Gasteiger partial charge >= 0.3 is 0 Å². The van der Waals surface area contributed by atoms with Crippen LogP contribution < -0.4 is 10.1 Å². The molecule has 0 bridgehead atoms. The Morgan fingerprint density at radius 3 is 2.48 bits per heavy atom. The largest absolute Gasteiger partial charge is 0.283 e. The topological polar surface area (TPSA) is 87.6 Å². The van der Waals surface area contributed by atoms with E-state index in [1.54, 1.807) is 67.6 Å². The average Bonchev–Trinajstić information content (AvgIpc) is 3.13. The summed E-state index contributed by atoms with van der Waals surface area (Å²) in [5, 5.41) is 5.80. The fraction of sp³-hybridized carbons (Fsp3) is 0.0435. The Labute approximate surface area is 204 Å². The minimum Gasteiger partial charge on any atom is -0.280 e. The molecule has 10 heteroatoms. The molecular weight excluding hydrogens is 501 g/mol. The Kier molecular flexibility index (Phi) is 6.71. The van der Waals surface area contributed by atoms with Crippen LogP contribution in [-0.4, -0.2) is 20.0 Å². The molecule has 2 N–H and O–H groups in total. The number of carbonyl (C=O) groups excluding carboxylic acids is 1. The number of benzene rings is 3. The molecule has 1 aromatic heterocycles. The van der Waals surface area contributed by atoms with Crippen molar-refractivity contribution in [2.45, 2.75) is 11.8 Å². The van der Waals surface area contributed by atoms with Gasteiger partial charge in [-0.2, -0.15) is 5.10 Å². The molecule has 0 aliphatic rings. The van der Waals surface area contributed by atoms with Gasteiger partial charge in [-0.1, -0.05) is 59.6 Å². The minimum absolute atomic E-state index is 0.162. The summed E-state index contributed by atoms with van der Waals surface area (Å²) in [5.74, 6) is -0.447. The van der Waals surface area contributed by atoms with E-state index in [0.717, 1.165) is 10.1 Å². The van der Waals surface area contributed by atoms with Crippen LogP contribution in [0, 0.1) is 0 Å². The van der Waals surface area contributed by atoms with Gasteiger partial charge in [0, 0.05) is 20.8 Å². The van der Waals surface area contributed by atoms with Gasteiger partial charge in [-0.05, 0) is 48.9 Å². The quantitative estimate of drug-likeness (QED) is 0.237. The van der Waals surface area contributed by atoms with Gasteiger partial charge in [0.2, 0.25) is 0 Å². The molecule has 0 saturated carbocycles. The molecule has 4 rings (SSSR count). The van der Waals surface area contributed by atoms with E-state index in [1.165, 1.54) is 23.5 Å². The summed E-state index contributed by atoms with van der Waals surface area (Å²) < 4.78 is 28.5. The Bertz CT molecular complexity index is 1480. The van der Waals surface area contributed by atoms with Gasteiger partial charge in [0.1, 0.15) is 4.88 Å². The Morgan fingerprint density at radius 1 is 0.970 bits per heavy atom. The second-order valence-electron chi connectivity index (χ2n) is 7.02. The number of anilines is 1. The van der Waals surface area contributed by atoms with Gasteiger partial charge in [-0.3, -0.25) is 9.52 Å². The molecule has 0 unspecified atom stereocenters. The Hall–Kier alpha value is -2.91. The highest BCUT2D eigenvalue weighted by molar-refractivity contribution is 7.92. The third-order valence-electron chi connectivity index (χ3n) is 4.71. The van der Waals surface area contributed by atoms with Crippen molar-refractivity contribution in [2.24, 2.45) is 5.10 Å². The highest BCUT2D eigenvalue weighted by Crippen LogP contribution is 2.36. The monoisotopic (exact) mass is 517 g/mol. The lowest BCUT2D eigenvalue weighted by molar-refractivity contribution is 0.0959. The molecule has 168 valence electrons. The highest BCUT2D eigenvalue weighted by atomic mass is 35.5. The van der Waals surface area contributed by atoms with Crippen molar-refractivity contribution in [3.63, 3.8) is 0 Å². The van der Waals surface area contributed by atoms with Crippen LogP contribution in [0.15, 0.2) is 82.8 Å². The van der Waals surface area contributed by atoms with Crippen molar-refractivity contribution in [2.75, 3.05) is 4.72 Å². The summed E-state index contributed by atoms with van der Waals surface area (Å²) in [6, 6.07) is 20.1. The lowest BCUT2D eigenvalue weighted by Gasteiger charge is -2.09. The van der Waals surface area contributed by atoms with Crippen molar-refractivity contribution in [3.05, 3.63) is 93.3 Å². The van der Waals surface area contributed by atoms with Crippen molar-refractivity contribution < 1.29 is 13.2 Å². The Morgan fingerprint density at radius 2 is 1.73 bits per heavy atom. The number of fused-ring (bicyclic) bond motifs is 1. The van der Waals surface area contributed by atoms with E-state index in [-0.39, 0.29) is 4.90 Å². The van der Waals surface area contributed by atoms with E-state index in [0.29, 0.717) is 31.9 Å². The van der Waals surface area contributed by atoms with Crippen molar-refractivity contribution in [1.29, 1.82) is 0 Å². The van der Waals surface area contributed by atoms with E-state index in [9.17, 15) is 13.2 Å². The summed E-state index contributed by atoms with van der Waals surface area (Å²) in [4.78, 5) is 13.1. The zero-order valence-corrected chi connectivity index (χ0v) is 20.3. The molecule has 1 amide bonds. The van der Waals surface area contributed by atoms with Gasteiger partial charge in [0.15, 0.2) is 0 Å². The fourth-order valence-electron chi connectivity index (χ4n) is 3.06. The average molecular weight is 518 g/mol. The number of thiophene rings is 1. The number of hydrogen-bond donors (Lipinski definition) is 2. The molecule has 4 aromatic rings. The van der Waals surface area contributed by atoms with Gasteiger partial charge in [-0.15, -0.1) is 11.3 Å². The van der Waals surface area contributed by atoms with Crippen LogP contribution in [0.1, 0.15) is 22.2 Å². The van der Waals surface area contributed by atoms with Gasteiger partial charge in [0.05, 0.1) is 15.6 Å². The van der Waals surface area contributed by atoms with E-state index in [2.05, 4.69) is 15.2 Å². The summed E-state index contributed by atoms with van der Waals surface area (Å²) in [6.45, 7) is 1.71. The van der Waals surface area contributed by atoms with E-state index >= 15 is 0 Å². The van der Waals surface area contributed by atoms with Crippen molar-refractivity contribution in [3.8, 4) is 0 Å². The normalized spacial score (nSPS) is 12.0. The molecule has 0 spiro atoms. The number of hydrazone groups is 1. The van der Waals surface area contributed by atoms with Crippen LogP contribution in [0.5, 0.6) is 0 Å². The lowest BCUT2D eigenvalue weighted by Crippen LogP contribution is -2.18. The van der Waals surface area contributed by atoms with Crippen LogP contribution in [0.25, 0.3) is 10.1 Å². The minimum atomic E-state index is -3.72. The molecule has 0 aliphatic heterocycles. The number of rotatable bonds is 6. The summed E-state index contributed by atoms with van der Waals surface area (Å²) >= 11 is 13.6. The number of carbonyl (C=O) groups is 1. The van der Waals surface area contributed by atoms with Crippen LogP contribution in [0.3, 0.4) is 0 Å². The molecular formula is C23H17Cl2N3O3S2. The first-order valence-corrected chi connectivity index (χ1v) is 12.7. The van der Waals surface area contributed by atoms with Gasteiger partial charge in [0.25, 0.3) is 15.9 Å². The first-order chi connectivity index (χ1) is 15.7. The summed E-state index contributed by atoms with van der Waals surface area (Å²) in [6.07, 6.45) is 0. The van der Waals surface area contributed by atoms with Crippen LogP contribution in [0.4, 0.5) is 5.69 Å². The molecule has 0 saturated heterocycles. The number of hydrogen-bond acceptors (Lipinski definition) is 5. The number of nitrogens with zero attached hydrogens (tertiary/aromatic N) is 1. The van der Waals surface area contributed by atoms with Gasteiger partial charge in [-0.25, -0.2) is 13.8 Å². The summed E-state index contributed by atoms with van der Waals surface area (Å²) in [7, 11) is -3.72. The predicted molar refractivity (Wildman–Crippen MR) is 135 cm³/mol. The van der Waals surface area contributed by atoms with Gasteiger partial charge < -0.3 is 0 Å². The number of halogens is 2. The van der Waals surface area contributed by atoms with Crippen molar-refractivity contribution >= 4 is 72.0 Å². The maximum atomic E-state index is 12.7. The zero-order chi connectivity index (χ0) is 23.6. The smallest absolute Gasteiger partial charge is 0.280 e. The molecule has 0 atom stereocenters.